The third kappa shape index (κ3) is 6.48. The van der Waals surface area contributed by atoms with E-state index in [1.807, 2.05) is 6.07 Å². The molecule has 14 aromatic rings. The van der Waals surface area contributed by atoms with Gasteiger partial charge in [-0.05, 0) is 32.7 Å². The number of nitrogens with zero attached hydrogens (tertiary/aromatic N) is 1. The maximum atomic E-state index is 6.17. The van der Waals surface area contributed by atoms with Crippen LogP contribution in [0.25, 0.3) is 138 Å². The molecule has 2 aromatic heterocycles. The van der Waals surface area contributed by atoms with Gasteiger partial charge in [0.25, 0.3) is 0 Å². The largest absolute Gasteiger partial charge is 0.0610 e. The van der Waals surface area contributed by atoms with E-state index in [0.717, 1.165) is 11.2 Å². The average molecular weight is 919 g/mol. The second-order valence-electron chi connectivity index (χ2n) is 19.6. The molecule has 0 saturated carbocycles. The summed E-state index contributed by atoms with van der Waals surface area (Å²) in [6.07, 6.45) is 0. The zero-order valence-electron chi connectivity index (χ0n) is 39.0. The van der Waals surface area contributed by atoms with Crippen LogP contribution in [0.2, 0.25) is 0 Å². The maximum Gasteiger partial charge on any atom is -0.0178 e. The molecule has 0 radical (unpaired) electrons. The van der Waals surface area contributed by atoms with Crippen molar-refractivity contribution >= 4 is 85.2 Å². The summed E-state index contributed by atoms with van der Waals surface area (Å²) < 4.78 is 8.68. The van der Waals surface area contributed by atoms with Crippen LogP contribution in [0, 0.1) is 0 Å². The smallest absolute Gasteiger partial charge is 0.0178 e. The molecule has 1 aliphatic rings. The summed E-state index contributed by atoms with van der Waals surface area (Å²) in [7, 11) is -1.40. The van der Waals surface area contributed by atoms with Crippen LogP contribution in [0.3, 0.4) is 0 Å². The average Bonchev–Trinajstić information content (AvgIpc) is 4.11. The monoisotopic (exact) mass is 918 g/mol. The Hall–Kier alpha value is -9.02. The summed E-state index contributed by atoms with van der Waals surface area (Å²) in [4.78, 5) is 0. The van der Waals surface area contributed by atoms with Crippen LogP contribution >= 0.6 is 0 Å². The normalized spacial score (nSPS) is 12.3. The molecule has 3 heteroatoms. The molecule has 0 unspecified atom stereocenters. The molecular formula is C68H44NOSi-. The zero-order chi connectivity index (χ0) is 46.6. The molecule has 0 amide bonds. The Labute approximate surface area is 413 Å². The van der Waals surface area contributed by atoms with Crippen molar-refractivity contribution in [2.45, 2.75) is 0 Å². The standard InChI is InChI=1S/C68H44NOSi/c1-3-13-53-44(9-1)11-7-16-55(53)46-23-19-42(20-24-46)48-28-34-63-60(37-48)61-38-49(43-21-25-47(26-22-43)56-17-8-12-45-10-2-4-14-54(45)56)29-35-64(61)69(63)52-31-33-59-58-32-27-51(40-67(58)71-68(59)41-52)50-30-36-66-62(39-50)57-15-5-6-18-65(57)70-66/h1-41H,71H3/q-1. The molecule has 71 heavy (non-hydrogen) atoms. The second-order valence-corrected chi connectivity index (χ2v) is 22.3. The van der Waals surface area contributed by atoms with Crippen LogP contribution in [0.4, 0.5) is 0 Å². The molecule has 0 aliphatic carbocycles. The van der Waals surface area contributed by atoms with Gasteiger partial charge in [0.15, 0.2) is 0 Å². The Morgan fingerprint density at radius 1 is 0.268 bits per heavy atom. The van der Waals surface area contributed by atoms with Gasteiger partial charge in [0.1, 0.15) is 0 Å². The van der Waals surface area contributed by atoms with Crippen LogP contribution in [-0.4, -0.2) is 14.1 Å². The fraction of sp³-hybridized carbons (Fsp3) is 0. The van der Waals surface area contributed by atoms with Crippen molar-refractivity contribution in [3.63, 3.8) is 0 Å². The van der Waals surface area contributed by atoms with E-state index in [0.29, 0.717) is 0 Å². The molecule has 0 spiro atoms. The van der Waals surface area contributed by atoms with E-state index in [4.69, 9.17) is 4.42 Å². The zero-order valence-corrected chi connectivity index (χ0v) is 41.0. The van der Waals surface area contributed by atoms with E-state index in [2.05, 4.69) is 247 Å². The van der Waals surface area contributed by atoms with E-state index in [9.17, 15) is 0 Å². The second kappa shape index (κ2) is 15.8. The van der Waals surface area contributed by atoms with Crippen LogP contribution in [-0.2, 0) is 0 Å². The van der Waals surface area contributed by atoms with E-state index < -0.39 is 9.52 Å². The maximum absolute atomic E-state index is 6.17. The van der Waals surface area contributed by atoms with Gasteiger partial charge in [0.2, 0.25) is 0 Å². The van der Waals surface area contributed by atoms with Gasteiger partial charge in [-0.3, -0.25) is 0 Å². The molecule has 332 valence electrons. The molecule has 0 saturated heterocycles. The molecule has 12 aromatic carbocycles. The van der Waals surface area contributed by atoms with Crippen molar-refractivity contribution in [1.82, 2.24) is 4.57 Å². The molecule has 1 aliphatic heterocycles. The van der Waals surface area contributed by atoms with Gasteiger partial charge in [-0.1, -0.05) is 84.9 Å². The predicted octanol–water partition coefficient (Wildman–Crippen LogP) is 16.2. The molecule has 0 atom stereocenters. The summed E-state index contributed by atoms with van der Waals surface area (Å²) in [5.41, 5.74) is 20.6. The predicted molar refractivity (Wildman–Crippen MR) is 305 cm³/mol. The van der Waals surface area contributed by atoms with Gasteiger partial charge < -0.3 is 0 Å². The molecule has 0 fully saturated rings. The van der Waals surface area contributed by atoms with Crippen molar-refractivity contribution in [2.24, 2.45) is 0 Å². The van der Waals surface area contributed by atoms with Gasteiger partial charge in [-0.2, -0.15) is 0 Å². The van der Waals surface area contributed by atoms with Crippen molar-refractivity contribution in [3.05, 3.63) is 249 Å². The Bertz CT molecular complexity index is 4290. The van der Waals surface area contributed by atoms with Crippen molar-refractivity contribution in [2.75, 3.05) is 0 Å². The van der Waals surface area contributed by atoms with Crippen molar-refractivity contribution in [1.29, 1.82) is 0 Å². The molecule has 2 nitrogen and oxygen atoms in total. The number of fused-ring (bicyclic) bond motifs is 11. The summed E-state index contributed by atoms with van der Waals surface area (Å²) in [6, 6.07) is 92.3. The van der Waals surface area contributed by atoms with Crippen LogP contribution in [0.1, 0.15) is 0 Å². The third-order valence-electron chi connectivity index (χ3n) is 15.6. The Balaban J connectivity index is 0.821. The van der Waals surface area contributed by atoms with Crippen LogP contribution < -0.4 is 10.4 Å². The molecule has 0 N–H and O–H groups in total. The van der Waals surface area contributed by atoms with Gasteiger partial charge in [0, 0.05) is 0 Å². The Morgan fingerprint density at radius 2 is 0.704 bits per heavy atom. The van der Waals surface area contributed by atoms with E-state index in [1.54, 1.807) is 10.4 Å². The Morgan fingerprint density at radius 3 is 1.34 bits per heavy atom. The molecular weight excluding hydrogens is 875 g/mol. The summed E-state index contributed by atoms with van der Waals surface area (Å²) in [5.74, 6) is 0. The molecule has 15 rings (SSSR count). The van der Waals surface area contributed by atoms with Crippen molar-refractivity contribution in [3.8, 4) is 72.4 Å². The summed E-state index contributed by atoms with van der Waals surface area (Å²) in [5, 5.41) is 13.0. The number of aromatic nitrogens is 1. The van der Waals surface area contributed by atoms with E-state index >= 15 is 0 Å². The van der Waals surface area contributed by atoms with E-state index in [-0.39, 0.29) is 0 Å². The first-order valence-corrected chi connectivity index (χ1v) is 26.9. The fourth-order valence-electron chi connectivity index (χ4n) is 12.1. The molecule has 0 bridgehead atoms. The van der Waals surface area contributed by atoms with Gasteiger partial charge in [-0.25, -0.2) is 0 Å². The minimum atomic E-state index is -1.40. The first kappa shape index (κ1) is 39.9. The van der Waals surface area contributed by atoms with E-state index in [1.165, 1.54) is 127 Å². The first-order chi connectivity index (χ1) is 35.1. The number of benzene rings is 12. The number of hydrogen-bond acceptors (Lipinski definition) is 1. The summed E-state index contributed by atoms with van der Waals surface area (Å²) >= 11 is 0. The number of para-hydroxylation sites is 1. The number of furan rings is 1. The Kier molecular flexibility index (Phi) is 8.86. The van der Waals surface area contributed by atoms with Gasteiger partial charge in [0.05, 0.1) is 0 Å². The third-order valence-corrected chi connectivity index (χ3v) is 18.4. The van der Waals surface area contributed by atoms with Crippen molar-refractivity contribution < 1.29 is 4.42 Å². The minimum Gasteiger partial charge on any atom is -0.0610 e. The van der Waals surface area contributed by atoms with Crippen LogP contribution in [0.15, 0.2) is 253 Å². The first-order valence-electron chi connectivity index (χ1n) is 24.9. The van der Waals surface area contributed by atoms with Gasteiger partial charge in [-0.15, -0.1) is 0 Å². The SMILES string of the molecule is c1ccc2c(-c3ccc(-c4ccc5c(c4)c4cc(-c6ccc(-c7cccc8ccccc78)cc6)ccc4n5-c4ccc5c(c4)[SiH3-]c4cc(-c6ccc7oc8ccccc8c7c6)ccc4-5)cc3)cccc2c1. The number of rotatable bonds is 6. The quantitative estimate of drug-likeness (QED) is 0.152. The van der Waals surface area contributed by atoms with Gasteiger partial charge >= 0.3 is 298 Å². The van der Waals surface area contributed by atoms with Crippen LogP contribution in [0.5, 0.6) is 0 Å². The summed E-state index contributed by atoms with van der Waals surface area (Å²) in [6.45, 7) is 0. The molecule has 3 heterocycles. The minimum absolute atomic E-state index is 0.935. The topological polar surface area (TPSA) is 18.1 Å². The number of hydrogen-bond donors (Lipinski definition) is 0. The fourth-order valence-corrected chi connectivity index (χ4v) is 15.0.